The van der Waals surface area contributed by atoms with Crippen molar-refractivity contribution in [1.82, 2.24) is 0 Å². The van der Waals surface area contributed by atoms with Crippen molar-refractivity contribution in [2.24, 2.45) is 0 Å². The Kier molecular flexibility index (Phi) is 11.4. The van der Waals surface area contributed by atoms with E-state index in [1.54, 1.807) is 0 Å². The third kappa shape index (κ3) is 10.2. The van der Waals surface area contributed by atoms with Crippen molar-refractivity contribution < 1.29 is 19.8 Å². The summed E-state index contributed by atoms with van der Waals surface area (Å²) < 4.78 is 0. The monoisotopic (exact) mass is 362 g/mol. The molecule has 1 aromatic carbocycles. The van der Waals surface area contributed by atoms with E-state index in [-0.39, 0.29) is 12.8 Å². The molecule has 0 aliphatic heterocycles. The molecule has 0 unspecified atom stereocenters. The summed E-state index contributed by atoms with van der Waals surface area (Å²) in [6.45, 7) is 2.22. The summed E-state index contributed by atoms with van der Waals surface area (Å²) in [5, 5.41) is 17.6. The fraction of sp³-hybridized carbons (Fsp3) is 0.636. The molecule has 0 bridgehead atoms. The Morgan fingerprint density at radius 1 is 0.731 bits per heavy atom. The van der Waals surface area contributed by atoms with Gasteiger partial charge in [0.05, 0.1) is 0 Å². The molecule has 0 heterocycles. The van der Waals surface area contributed by atoms with Crippen molar-refractivity contribution in [2.75, 3.05) is 0 Å². The van der Waals surface area contributed by atoms with Crippen LogP contribution in [0.15, 0.2) is 18.2 Å². The maximum absolute atomic E-state index is 10.7. The average molecular weight is 363 g/mol. The first kappa shape index (κ1) is 22.2. The summed E-state index contributed by atoms with van der Waals surface area (Å²) in [5.41, 5.74) is 3.98. The van der Waals surface area contributed by atoms with Gasteiger partial charge in [0.2, 0.25) is 0 Å². The average Bonchev–Trinajstić information content (AvgIpc) is 2.60. The lowest BCUT2D eigenvalue weighted by Gasteiger charge is -2.12. The largest absolute Gasteiger partial charge is 0.481 e. The highest BCUT2D eigenvalue weighted by Crippen LogP contribution is 2.20. The Balaban J connectivity index is 2.62. The SMILES string of the molecule is CCCCCCc1ccc(CCCCC(=O)O)c(CCCCC(=O)O)c1. The molecule has 4 heteroatoms. The van der Waals surface area contributed by atoms with Gasteiger partial charge in [-0.1, -0.05) is 44.4 Å². The highest BCUT2D eigenvalue weighted by atomic mass is 16.4. The van der Waals surface area contributed by atoms with Crippen LogP contribution in [0.1, 0.15) is 87.8 Å². The second-order valence-electron chi connectivity index (χ2n) is 7.12. The van der Waals surface area contributed by atoms with Crippen molar-refractivity contribution in [3.8, 4) is 0 Å². The van der Waals surface area contributed by atoms with Crippen LogP contribution in [0.4, 0.5) is 0 Å². The second-order valence-corrected chi connectivity index (χ2v) is 7.12. The summed E-state index contributed by atoms with van der Waals surface area (Å²) in [5.74, 6) is -1.47. The Morgan fingerprint density at radius 3 is 1.88 bits per heavy atom. The van der Waals surface area contributed by atoms with Crippen molar-refractivity contribution in [2.45, 2.75) is 90.4 Å². The third-order valence-electron chi connectivity index (χ3n) is 4.76. The quantitative estimate of drug-likeness (QED) is 0.409. The number of aryl methyl sites for hydroxylation is 3. The van der Waals surface area contributed by atoms with Crippen LogP contribution in [0, 0.1) is 0 Å². The van der Waals surface area contributed by atoms with Gasteiger partial charge in [-0.3, -0.25) is 9.59 Å². The van der Waals surface area contributed by atoms with Crippen LogP contribution in [-0.2, 0) is 28.9 Å². The van der Waals surface area contributed by atoms with Gasteiger partial charge in [-0.25, -0.2) is 0 Å². The number of hydrogen-bond acceptors (Lipinski definition) is 2. The Bertz CT molecular complexity index is 551. The number of carboxylic acid groups (broad SMARTS) is 2. The minimum absolute atomic E-state index is 0.226. The van der Waals surface area contributed by atoms with Gasteiger partial charge in [-0.2, -0.15) is 0 Å². The van der Waals surface area contributed by atoms with Crippen molar-refractivity contribution in [3.05, 3.63) is 34.9 Å². The van der Waals surface area contributed by atoms with Crippen LogP contribution in [0.2, 0.25) is 0 Å². The smallest absolute Gasteiger partial charge is 0.303 e. The lowest BCUT2D eigenvalue weighted by atomic mass is 9.93. The van der Waals surface area contributed by atoms with E-state index in [1.165, 1.54) is 42.4 Å². The summed E-state index contributed by atoms with van der Waals surface area (Å²) in [7, 11) is 0. The normalized spacial score (nSPS) is 10.8. The van der Waals surface area contributed by atoms with Crippen molar-refractivity contribution >= 4 is 11.9 Å². The highest BCUT2D eigenvalue weighted by Gasteiger charge is 2.07. The second kappa shape index (κ2) is 13.4. The zero-order valence-electron chi connectivity index (χ0n) is 16.1. The van der Waals surface area contributed by atoms with Gasteiger partial charge in [0.1, 0.15) is 0 Å². The molecule has 0 aliphatic rings. The Hall–Kier alpha value is -1.84. The zero-order chi connectivity index (χ0) is 19.2. The molecule has 1 rings (SSSR count). The van der Waals surface area contributed by atoms with Gasteiger partial charge in [-0.05, 0) is 68.1 Å². The summed E-state index contributed by atoms with van der Waals surface area (Å²) in [6, 6.07) is 6.70. The number of aliphatic carboxylic acids is 2. The van der Waals surface area contributed by atoms with Gasteiger partial charge >= 0.3 is 11.9 Å². The molecule has 0 fully saturated rings. The molecule has 0 aromatic heterocycles. The Labute approximate surface area is 157 Å². The molecule has 2 N–H and O–H groups in total. The number of unbranched alkanes of at least 4 members (excludes halogenated alkanes) is 5. The summed E-state index contributed by atoms with van der Waals surface area (Å²) >= 11 is 0. The number of rotatable bonds is 15. The van der Waals surface area contributed by atoms with Gasteiger partial charge < -0.3 is 10.2 Å². The topological polar surface area (TPSA) is 74.6 Å². The molecule has 0 radical (unpaired) electrons. The number of carbonyl (C=O) groups is 2. The van der Waals surface area contributed by atoms with Gasteiger partial charge in [0.25, 0.3) is 0 Å². The van der Waals surface area contributed by atoms with E-state index >= 15 is 0 Å². The van der Waals surface area contributed by atoms with Gasteiger partial charge in [-0.15, -0.1) is 0 Å². The van der Waals surface area contributed by atoms with Gasteiger partial charge in [0.15, 0.2) is 0 Å². The molecule has 0 saturated heterocycles. The van der Waals surface area contributed by atoms with Crippen molar-refractivity contribution in [1.29, 1.82) is 0 Å². The molecule has 26 heavy (non-hydrogen) atoms. The lowest BCUT2D eigenvalue weighted by Crippen LogP contribution is -2.00. The minimum atomic E-state index is -0.735. The fourth-order valence-corrected chi connectivity index (χ4v) is 3.25. The molecule has 146 valence electrons. The van der Waals surface area contributed by atoms with Crippen LogP contribution in [0.3, 0.4) is 0 Å². The zero-order valence-corrected chi connectivity index (χ0v) is 16.1. The highest BCUT2D eigenvalue weighted by molar-refractivity contribution is 5.66. The van der Waals surface area contributed by atoms with Crippen LogP contribution in [-0.4, -0.2) is 22.2 Å². The van der Waals surface area contributed by atoms with E-state index in [1.807, 2.05) is 0 Å². The first-order valence-electron chi connectivity index (χ1n) is 10.1. The maximum Gasteiger partial charge on any atom is 0.303 e. The van der Waals surface area contributed by atoms with Gasteiger partial charge in [0, 0.05) is 12.8 Å². The van der Waals surface area contributed by atoms with Crippen LogP contribution in [0.25, 0.3) is 0 Å². The van der Waals surface area contributed by atoms with Crippen LogP contribution < -0.4 is 0 Å². The van der Waals surface area contributed by atoms with Crippen LogP contribution in [0.5, 0.6) is 0 Å². The van der Waals surface area contributed by atoms with Crippen molar-refractivity contribution in [3.63, 3.8) is 0 Å². The molecule has 4 nitrogen and oxygen atoms in total. The molecular formula is C22H34O4. The Morgan fingerprint density at radius 2 is 1.31 bits per heavy atom. The predicted octanol–water partition coefficient (Wildman–Crippen LogP) is 5.40. The molecule has 0 saturated carbocycles. The summed E-state index contributed by atoms with van der Waals surface area (Å²) in [6.07, 6.45) is 11.5. The van der Waals surface area contributed by atoms with E-state index in [2.05, 4.69) is 25.1 Å². The standard InChI is InChI=1S/C22H34O4/c1-2-3-4-5-10-18-15-16-19(11-6-8-13-21(23)24)20(17-18)12-7-9-14-22(25)26/h15-17H,2-14H2,1H3,(H,23,24)(H,25,26). The van der Waals surface area contributed by atoms with E-state index in [9.17, 15) is 9.59 Å². The van der Waals surface area contributed by atoms with E-state index in [0.29, 0.717) is 12.8 Å². The molecule has 1 aromatic rings. The van der Waals surface area contributed by atoms with Crippen LogP contribution >= 0.6 is 0 Å². The molecule has 0 spiro atoms. The van der Waals surface area contributed by atoms with E-state index in [4.69, 9.17) is 10.2 Å². The fourth-order valence-electron chi connectivity index (χ4n) is 3.25. The van der Waals surface area contributed by atoms with E-state index in [0.717, 1.165) is 32.1 Å². The molecular weight excluding hydrogens is 328 g/mol. The number of benzene rings is 1. The number of hydrogen-bond donors (Lipinski definition) is 2. The lowest BCUT2D eigenvalue weighted by molar-refractivity contribution is -0.138. The number of carboxylic acids is 2. The first-order valence-corrected chi connectivity index (χ1v) is 10.1. The van der Waals surface area contributed by atoms with E-state index < -0.39 is 11.9 Å². The first-order chi connectivity index (χ1) is 12.5. The predicted molar refractivity (Wildman–Crippen MR) is 105 cm³/mol. The summed E-state index contributed by atoms with van der Waals surface area (Å²) in [4.78, 5) is 21.3. The molecule has 0 amide bonds. The maximum atomic E-state index is 10.7. The third-order valence-corrected chi connectivity index (χ3v) is 4.76. The molecule has 0 atom stereocenters. The molecule has 0 aliphatic carbocycles. The minimum Gasteiger partial charge on any atom is -0.481 e.